The molecule has 0 saturated carbocycles. The van der Waals surface area contributed by atoms with Crippen molar-refractivity contribution >= 4 is 11.6 Å². The molecule has 0 atom stereocenters. The lowest BCUT2D eigenvalue weighted by Crippen LogP contribution is -1.99. The number of halogens is 1. The first-order valence-corrected chi connectivity index (χ1v) is 3.71. The maximum atomic E-state index is 9.09. The van der Waals surface area contributed by atoms with Gasteiger partial charge in [0.05, 0.1) is 0 Å². The molecule has 1 aromatic carbocycles. The number of aromatic hydroxyl groups is 1. The Labute approximate surface area is 70.6 Å². The van der Waals surface area contributed by atoms with Crippen molar-refractivity contribution in [1.82, 2.24) is 0 Å². The standard InChI is InChI=1S/C8H10ClNO/c1-5-2-6(11)3-8(9)7(5)4-10/h2-3,11H,4,10H2,1H3. The van der Waals surface area contributed by atoms with Crippen molar-refractivity contribution < 1.29 is 5.11 Å². The maximum Gasteiger partial charge on any atom is 0.117 e. The minimum Gasteiger partial charge on any atom is -0.508 e. The fourth-order valence-electron chi connectivity index (χ4n) is 1.01. The molecule has 0 radical (unpaired) electrons. The van der Waals surface area contributed by atoms with E-state index in [1.54, 1.807) is 6.07 Å². The number of phenols is 1. The number of benzene rings is 1. The van der Waals surface area contributed by atoms with E-state index in [0.29, 0.717) is 11.6 Å². The predicted molar refractivity (Wildman–Crippen MR) is 45.7 cm³/mol. The topological polar surface area (TPSA) is 46.2 Å². The third kappa shape index (κ3) is 1.64. The number of rotatable bonds is 1. The van der Waals surface area contributed by atoms with Crippen LogP contribution >= 0.6 is 11.6 Å². The molecule has 0 amide bonds. The highest BCUT2D eigenvalue weighted by atomic mass is 35.5. The fraction of sp³-hybridized carbons (Fsp3) is 0.250. The van der Waals surface area contributed by atoms with Gasteiger partial charge in [-0.2, -0.15) is 0 Å². The quantitative estimate of drug-likeness (QED) is 0.677. The van der Waals surface area contributed by atoms with E-state index in [4.69, 9.17) is 22.4 Å². The second-order valence-corrected chi connectivity index (χ2v) is 2.83. The van der Waals surface area contributed by atoms with Crippen molar-refractivity contribution in [2.24, 2.45) is 5.73 Å². The van der Waals surface area contributed by atoms with E-state index >= 15 is 0 Å². The molecule has 0 spiro atoms. The molecule has 0 saturated heterocycles. The van der Waals surface area contributed by atoms with Gasteiger partial charge < -0.3 is 10.8 Å². The molecular formula is C8H10ClNO. The lowest BCUT2D eigenvalue weighted by molar-refractivity contribution is 0.474. The van der Waals surface area contributed by atoms with Crippen LogP contribution in [0.1, 0.15) is 11.1 Å². The first kappa shape index (κ1) is 8.37. The molecule has 0 heterocycles. The molecule has 2 nitrogen and oxygen atoms in total. The highest BCUT2D eigenvalue weighted by molar-refractivity contribution is 6.31. The fourth-order valence-corrected chi connectivity index (χ4v) is 1.35. The summed E-state index contributed by atoms with van der Waals surface area (Å²) in [7, 11) is 0. The van der Waals surface area contributed by atoms with Gasteiger partial charge in [0.1, 0.15) is 5.75 Å². The molecular weight excluding hydrogens is 162 g/mol. The predicted octanol–water partition coefficient (Wildman–Crippen LogP) is 1.81. The van der Waals surface area contributed by atoms with Gasteiger partial charge in [0.15, 0.2) is 0 Å². The van der Waals surface area contributed by atoms with E-state index in [1.807, 2.05) is 6.92 Å². The maximum absolute atomic E-state index is 9.09. The first-order chi connectivity index (χ1) is 5.15. The summed E-state index contributed by atoms with van der Waals surface area (Å²) in [5.41, 5.74) is 7.26. The summed E-state index contributed by atoms with van der Waals surface area (Å²) in [5.74, 6) is 0.185. The molecule has 3 N–H and O–H groups in total. The summed E-state index contributed by atoms with van der Waals surface area (Å²) in [5, 5.41) is 9.62. The molecule has 0 aliphatic rings. The zero-order valence-electron chi connectivity index (χ0n) is 6.26. The van der Waals surface area contributed by atoms with Crippen LogP contribution in [0.2, 0.25) is 5.02 Å². The molecule has 60 valence electrons. The van der Waals surface area contributed by atoms with Crippen LogP contribution < -0.4 is 5.73 Å². The van der Waals surface area contributed by atoms with Crippen LogP contribution in [0.5, 0.6) is 5.75 Å². The van der Waals surface area contributed by atoms with Gasteiger partial charge in [-0.3, -0.25) is 0 Å². The zero-order chi connectivity index (χ0) is 8.43. The van der Waals surface area contributed by atoms with E-state index in [0.717, 1.165) is 11.1 Å². The van der Waals surface area contributed by atoms with Gasteiger partial charge in [-0.1, -0.05) is 11.6 Å². The zero-order valence-corrected chi connectivity index (χ0v) is 7.02. The highest BCUT2D eigenvalue weighted by Crippen LogP contribution is 2.24. The van der Waals surface area contributed by atoms with E-state index in [-0.39, 0.29) is 5.75 Å². The lowest BCUT2D eigenvalue weighted by Gasteiger charge is -2.05. The normalized spacial score (nSPS) is 10.1. The van der Waals surface area contributed by atoms with Gasteiger partial charge in [0.2, 0.25) is 0 Å². The average molecular weight is 172 g/mol. The molecule has 11 heavy (non-hydrogen) atoms. The van der Waals surface area contributed by atoms with Crippen molar-refractivity contribution in [1.29, 1.82) is 0 Å². The largest absolute Gasteiger partial charge is 0.508 e. The Morgan fingerprint density at radius 2 is 2.18 bits per heavy atom. The smallest absolute Gasteiger partial charge is 0.117 e. The molecule has 0 bridgehead atoms. The monoisotopic (exact) mass is 171 g/mol. The van der Waals surface area contributed by atoms with Crippen LogP contribution in [-0.4, -0.2) is 5.11 Å². The van der Waals surface area contributed by atoms with Crippen molar-refractivity contribution in [3.63, 3.8) is 0 Å². The van der Waals surface area contributed by atoms with Crippen LogP contribution in [0.15, 0.2) is 12.1 Å². The van der Waals surface area contributed by atoms with Crippen molar-refractivity contribution in [3.8, 4) is 5.75 Å². The minimum absolute atomic E-state index is 0.185. The molecule has 0 aliphatic heterocycles. The third-order valence-electron chi connectivity index (χ3n) is 1.61. The molecule has 1 aromatic rings. The minimum atomic E-state index is 0.185. The van der Waals surface area contributed by atoms with E-state index < -0.39 is 0 Å². The molecule has 3 heteroatoms. The highest BCUT2D eigenvalue weighted by Gasteiger charge is 2.03. The second-order valence-electron chi connectivity index (χ2n) is 2.43. The first-order valence-electron chi connectivity index (χ1n) is 3.33. The summed E-state index contributed by atoms with van der Waals surface area (Å²) in [4.78, 5) is 0. The van der Waals surface area contributed by atoms with Gasteiger partial charge in [-0.25, -0.2) is 0 Å². The number of phenolic OH excluding ortho intramolecular Hbond substituents is 1. The Morgan fingerprint density at radius 3 is 2.64 bits per heavy atom. The average Bonchev–Trinajstić information content (AvgIpc) is 1.85. The van der Waals surface area contributed by atoms with E-state index in [1.165, 1.54) is 6.07 Å². The Bertz CT molecular complexity index is 250. The summed E-state index contributed by atoms with van der Waals surface area (Å²) in [6.07, 6.45) is 0. The van der Waals surface area contributed by atoms with Crippen LogP contribution in [-0.2, 0) is 6.54 Å². The number of hydrogen-bond donors (Lipinski definition) is 2. The summed E-state index contributed by atoms with van der Waals surface area (Å²) in [6.45, 7) is 2.28. The van der Waals surface area contributed by atoms with Gasteiger partial charge >= 0.3 is 0 Å². The van der Waals surface area contributed by atoms with Gasteiger partial charge in [-0.05, 0) is 30.2 Å². The van der Waals surface area contributed by atoms with Gasteiger partial charge in [-0.15, -0.1) is 0 Å². The van der Waals surface area contributed by atoms with Gasteiger partial charge in [0.25, 0.3) is 0 Å². The summed E-state index contributed by atoms with van der Waals surface area (Å²) < 4.78 is 0. The SMILES string of the molecule is Cc1cc(O)cc(Cl)c1CN. The van der Waals surface area contributed by atoms with Crippen molar-refractivity contribution in [3.05, 3.63) is 28.3 Å². The number of aryl methyl sites for hydroxylation is 1. The second kappa shape index (κ2) is 3.11. The molecule has 0 aliphatic carbocycles. The van der Waals surface area contributed by atoms with Crippen molar-refractivity contribution in [2.45, 2.75) is 13.5 Å². The Hall–Kier alpha value is -0.730. The lowest BCUT2D eigenvalue weighted by atomic mass is 10.1. The third-order valence-corrected chi connectivity index (χ3v) is 1.94. The van der Waals surface area contributed by atoms with Gasteiger partial charge in [0, 0.05) is 11.6 Å². The molecule has 0 unspecified atom stereocenters. The van der Waals surface area contributed by atoms with E-state index in [9.17, 15) is 0 Å². The van der Waals surface area contributed by atoms with Crippen LogP contribution in [0.4, 0.5) is 0 Å². The van der Waals surface area contributed by atoms with Crippen LogP contribution in [0.25, 0.3) is 0 Å². The van der Waals surface area contributed by atoms with Crippen LogP contribution in [0, 0.1) is 6.92 Å². The van der Waals surface area contributed by atoms with E-state index in [2.05, 4.69) is 0 Å². The van der Waals surface area contributed by atoms with Crippen molar-refractivity contribution in [2.75, 3.05) is 0 Å². The molecule has 0 aromatic heterocycles. The number of hydrogen-bond acceptors (Lipinski definition) is 2. The number of nitrogens with two attached hydrogens (primary N) is 1. The Kier molecular flexibility index (Phi) is 2.37. The summed E-state index contributed by atoms with van der Waals surface area (Å²) >= 11 is 5.79. The Morgan fingerprint density at radius 1 is 1.55 bits per heavy atom. The van der Waals surface area contributed by atoms with Crippen LogP contribution in [0.3, 0.4) is 0 Å². The molecule has 0 fully saturated rings. The summed E-state index contributed by atoms with van der Waals surface area (Å²) in [6, 6.07) is 3.14. The molecule has 1 rings (SSSR count). The Balaban J connectivity index is 3.25.